The van der Waals surface area contributed by atoms with Crippen molar-refractivity contribution in [1.29, 1.82) is 0 Å². The van der Waals surface area contributed by atoms with Gasteiger partial charge in [0, 0.05) is 43.7 Å². The highest BCUT2D eigenvalue weighted by atomic mass is 16.3. The molecule has 0 N–H and O–H groups in total. The van der Waals surface area contributed by atoms with Gasteiger partial charge in [-0.15, -0.1) is 0 Å². The molecule has 3 nitrogen and oxygen atoms in total. The lowest BCUT2D eigenvalue weighted by atomic mass is 10.0. The molecule has 0 bridgehead atoms. The molecule has 0 amide bonds. The molecular formula is C60H38N2O. The first-order chi connectivity index (χ1) is 31.2. The lowest BCUT2D eigenvalue weighted by Crippen LogP contribution is -1.94. The Morgan fingerprint density at radius 1 is 0.222 bits per heavy atom. The van der Waals surface area contributed by atoms with E-state index >= 15 is 0 Å². The van der Waals surface area contributed by atoms with Gasteiger partial charge in [0.25, 0.3) is 0 Å². The zero-order valence-corrected chi connectivity index (χ0v) is 34.2. The minimum Gasteiger partial charge on any atom is -0.456 e. The van der Waals surface area contributed by atoms with Gasteiger partial charge in [-0.3, -0.25) is 0 Å². The van der Waals surface area contributed by atoms with Crippen LogP contribution in [0.25, 0.3) is 121 Å². The first-order valence-corrected chi connectivity index (χ1v) is 21.6. The Hall–Kier alpha value is -8.40. The molecule has 0 fully saturated rings. The quantitative estimate of drug-likeness (QED) is 0.164. The highest BCUT2D eigenvalue weighted by Crippen LogP contribution is 2.41. The Labute approximate surface area is 363 Å². The number of hydrogen-bond donors (Lipinski definition) is 0. The van der Waals surface area contributed by atoms with Gasteiger partial charge in [-0.05, 0) is 129 Å². The summed E-state index contributed by atoms with van der Waals surface area (Å²) in [6.45, 7) is 0. The highest BCUT2D eigenvalue weighted by Gasteiger charge is 2.19. The summed E-state index contributed by atoms with van der Waals surface area (Å²) in [5.41, 5.74) is 18.2. The van der Waals surface area contributed by atoms with Crippen LogP contribution < -0.4 is 0 Å². The van der Waals surface area contributed by atoms with Gasteiger partial charge in [0.05, 0.1) is 22.1 Å². The largest absolute Gasteiger partial charge is 0.456 e. The minimum absolute atomic E-state index is 0.867. The van der Waals surface area contributed by atoms with Crippen molar-refractivity contribution in [3.05, 3.63) is 231 Å². The molecule has 0 saturated heterocycles. The third-order valence-corrected chi connectivity index (χ3v) is 12.9. The maximum Gasteiger partial charge on any atom is 0.135 e. The lowest BCUT2D eigenvalue weighted by Gasteiger charge is -2.10. The minimum atomic E-state index is 0.867. The van der Waals surface area contributed by atoms with Gasteiger partial charge >= 0.3 is 0 Å². The van der Waals surface area contributed by atoms with Crippen LogP contribution in [-0.2, 0) is 0 Å². The van der Waals surface area contributed by atoms with Crippen molar-refractivity contribution in [2.75, 3.05) is 0 Å². The number of hydrogen-bond acceptors (Lipinski definition) is 1. The van der Waals surface area contributed by atoms with E-state index in [9.17, 15) is 0 Å². The second-order valence-corrected chi connectivity index (χ2v) is 16.5. The third kappa shape index (κ3) is 5.75. The second kappa shape index (κ2) is 14.1. The van der Waals surface area contributed by atoms with Crippen molar-refractivity contribution in [3.63, 3.8) is 0 Å². The van der Waals surface area contributed by atoms with Crippen molar-refractivity contribution in [2.45, 2.75) is 0 Å². The number of aromatic nitrogens is 2. The number of rotatable bonds is 6. The molecule has 0 aliphatic heterocycles. The van der Waals surface area contributed by atoms with Crippen LogP contribution in [0.3, 0.4) is 0 Å². The third-order valence-electron chi connectivity index (χ3n) is 12.9. The standard InChI is InChI=1S/C60H38N2O/c1-5-13-39(14-6-1)43-21-27-55-49(33-43)50-34-44(40-15-7-2-8-16-40)22-28-56(50)61(55)47-25-31-59-53(37-47)54-38-48(26-32-60(54)63-59)62-57-29-23-45(41-17-9-3-10-18-41)35-51(57)52-36-46(24-30-58(52)62)42-19-11-4-12-20-42/h1-38H. The van der Waals surface area contributed by atoms with Crippen LogP contribution in [0.5, 0.6) is 0 Å². The fourth-order valence-electron chi connectivity index (χ4n) is 9.88. The highest BCUT2D eigenvalue weighted by molar-refractivity contribution is 6.14. The van der Waals surface area contributed by atoms with Gasteiger partial charge in [-0.1, -0.05) is 146 Å². The van der Waals surface area contributed by atoms with Crippen LogP contribution in [0.4, 0.5) is 0 Å². The Bertz CT molecular complexity index is 3430. The van der Waals surface area contributed by atoms with E-state index in [0.717, 1.165) is 55.4 Å². The van der Waals surface area contributed by atoms with Crippen molar-refractivity contribution in [1.82, 2.24) is 9.13 Å². The van der Waals surface area contributed by atoms with Crippen molar-refractivity contribution < 1.29 is 4.42 Å². The first-order valence-electron chi connectivity index (χ1n) is 21.6. The van der Waals surface area contributed by atoms with E-state index in [1.165, 1.54) is 66.1 Å². The van der Waals surface area contributed by atoms with Gasteiger partial charge in [-0.25, -0.2) is 0 Å². The summed E-state index contributed by atoms with van der Waals surface area (Å²) >= 11 is 0. The molecule has 0 aliphatic carbocycles. The van der Waals surface area contributed by atoms with E-state index in [4.69, 9.17) is 4.42 Å². The predicted octanol–water partition coefficient (Wildman–Crippen LogP) is 16.4. The maximum absolute atomic E-state index is 6.59. The second-order valence-electron chi connectivity index (χ2n) is 16.5. The van der Waals surface area contributed by atoms with Crippen LogP contribution in [0.2, 0.25) is 0 Å². The van der Waals surface area contributed by atoms with Crippen molar-refractivity contribution in [3.8, 4) is 55.9 Å². The molecule has 63 heavy (non-hydrogen) atoms. The van der Waals surface area contributed by atoms with E-state index in [-0.39, 0.29) is 0 Å². The van der Waals surface area contributed by atoms with Gasteiger partial charge in [-0.2, -0.15) is 0 Å². The van der Waals surface area contributed by atoms with Crippen LogP contribution in [0.1, 0.15) is 0 Å². The molecule has 294 valence electrons. The molecule has 13 aromatic rings. The van der Waals surface area contributed by atoms with E-state index < -0.39 is 0 Å². The molecule has 0 spiro atoms. The van der Waals surface area contributed by atoms with Crippen LogP contribution in [-0.4, -0.2) is 9.13 Å². The number of nitrogens with zero attached hydrogens (tertiary/aromatic N) is 2. The molecule has 0 aliphatic rings. The summed E-state index contributed by atoms with van der Waals surface area (Å²) in [7, 11) is 0. The van der Waals surface area contributed by atoms with Gasteiger partial charge in [0.2, 0.25) is 0 Å². The number of benzene rings is 10. The van der Waals surface area contributed by atoms with Gasteiger partial charge in [0.1, 0.15) is 11.2 Å². The van der Waals surface area contributed by atoms with E-state index in [1.807, 2.05) is 0 Å². The molecular weight excluding hydrogens is 765 g/mol. The first kappa shape index (κ1) is 35.4. The molecule has 0 radical (unpaired) electrons. The SMILES string of the molecule is c1ccc(-c2ccc3c(c2)c2cc(-c4ccccc4)ccc2n3-c2ccc3oc4ccc(-n5c6ccc(-c7ccccc7)cc6c6cc(-c7ccccc7)ccc65)cc4c3c2)cc1. The topological polar surface area (TPSA) is 23.0 Å². The lowest BCUT2D eigenvalue weighted by molar-refractivity contribution is 0.669. The molecule has 3 heteroatoms. The van der Waals surface area contributed by atoms with Crippen LogP contribution >= 0.6 is 0 Å². The van der Waals surface area contributed by atoms with E-state index in [2.05, 4.69) is 240 Å². The monoisotopic (exact) mass is 802 g/mol. The summed E-state index contributed by atoms with van der Waals surface area (Å²) in [6, 6.07) is 83.5. The zero-order chi connectivity index (χ0) is 41.4. The summed E-state index contributed by atoms with van der Waals surface area (Å²) in [5.74, 6) is 0. The average molecular weight is 803 g/mol. The average Bonchev–Trinajstić information content (AvgIpc) is 4.01. The number of fused-ring (bicyclic) bond motifs is 9. The van der Waals surface area contributed by atoms with Crippen LogP contribution in [0.15, 0.2) is 235 Å². The molecule has 0 saturated carbocycles. The van der Waals surface area contributed by atoms with Crippen molar-refractivity contribution >= 4 is 65.6 Å². The van der Waals surface area contributed by atoms with Crippen LogP contribution in [0, 0.1) is 0 Å². The molecule has 3 heterocycles. The normalized spacial score (nSPS) is 11.8. The van der Waals surface area contributed by atoms with Crippen molar-refractivity contribution in [2.24, 2.45) is 0 Å². The molecule has 13 rings (SSSR count). The summed E-state index contributed by atoms with van der Waals surface area (Å²) in [6.07, 6.45) is 0. The molecule has 0 atom stereocenters. The smallest absolute Gasteiger partial charge is 0.135 e. The summed E-state index contributed by atoms with van der Waals surface area (Å²) < 4.78 is 11.4. The fraction of sp³-hybridized carbons (Fsp3) is 0. The Kier molecular flexibility index (Phi) is 7.91. The fourth-order valence-corrected chi connectivity index (χ4v) is 9.88. The predicted molar refractivity (Wildman–Crippen MR) is 264 cm³/mol. The Morgan fingerprint density at radius 3 is 0.794 bits per heavy atom. The molecule has 0 unspecified atom stereocenters. The Balaban J connectivity index is 1.00. The van der Waals surface area contributed by atoms with Gasteiger partial charge in [0.15, 0.2) is 0 Å². The molecule has 3 aromatic heterocycles. The van der Waals surface area contributed by atoms with E-state index in [1.54, 1.807) is 0 Å². The maximum atomic E-state index is 6.59. The summed E-state index contributed by atoms with van der Waals surface area (Å²) in [5, 5.41) is 7.06. The number of furan rings is 1. The zero-order valence-electron chi connectivity index (χ0n) is 34.2. The van der Waals surface area contributed by atoms with Gasteiger partial charge < -0.3 is 13.6 Å². The molecule has 10 aromatic carbocycles. The Morgan fingerprint density at radius 2 is 0.508 bits per heavy atom. The summed E-state index contributed by atoms with van der Waals surface area (Å²) in [4.78, 5) is 0. The van der Waals surface area contributed by atoms with E-state index in [0.29, 0.717) is 0 Å².